The molecule has 96 valence electrons. The number of hydrogen-bond acceptors (Lipinski definition) is 5. The van der Waals surface area contributed by atoms with Gasteiger partial charge in [-0.15, -0.1) is 0 Å². The van der Waals surface area contributed by atoms with E-state index in [-0.39, 0.29) is 16.2 Å². The molecule has 1 aliphatic heterocycles. The Balaban J connectivity index is 2.15. The molecule has 8 heteroatoms. The molecule has 1 saturated heterocycles. The third kappa shape index (κ3) is 2.99. The molecule has 1 heterocycles. The Bertz CT molecular complexity index is 587. The summed E-state index contributed by atoms with van der Waals surface area (Å²) in [5.74, 6) is 0. The zero-order valence-electron chi connectivity index (χ0n) is 9.61. The van der Waals surface area contributed by atoms with E-state index >= 15 is 0 Å². The second kappa shape index (κ2) is 4.95. The molecular formula is C10H11N3O4S. The summed E-state index contributed by atoms with van der Waals surface area (Å²) < 4.78 is 32.8. The molecule has 18 heavy (non-hydrogen) atoms. The molecule has 2 rings (SSSR count). The molecule has 2 atom stereocenters. The molecule has 0 amide bonds. The van der Waals surface area contributed by atoms with Gasteiger partial charge in [-0.05, 0) is 24.6 Å². The van der Waals surface area contributed by atoms with E-state index in [1.165, 1.54) is 12.2 Å². The van der Waals surface area contributed by atoms with Gasteiger partial charge in [0.15, 0.2) is 0 Å². The lowest BCUT2D eigenvalue weighted by Gasteiger charge is -2.17. The van der Waals surface area contributed by atoms with Crippen LogP contribution in [0.2, 0.25) is 0 Å². The first-order valence-electron chi connectivity index (χ1n) is 5.21. The summed E-state index contributed by atoms with van der Waals surface area (Å²) in [6, 6.07) is 0. The average molecular weight is 269 g/mol. The average Bonchev–Trinajstić information content (AvgIpc) is 3.06. The van der Waals surface area contributed by atoms with Gasteiger partial charge in [-0.3, -0.25) is 0 Å². The monoisotopic (exact) mass is 269 g/mol. The quantitative estimate of drug-likeness (QED) is 0.249. The summed E-state index contributed by atoms with van der Waals surface area (Å²) in [6.45, 7) is 2.81. The minimum absolute atomic E-state index is 0.0455. The van der Waals surface area contributed by atoms with Gasteiger partial charge >= 0.3 is 0 Å². The summed E-state index contributed by atoms with van der Waals surface area (Å²) in [4.78, 5) is 2.65. The number of allylic oxidation sites excluding steroid dienone is 1. The number of rotatable bonds is 4. The largest absolute Gasteiger partial charge is 0.367 e. The lowest BCUT2D eigenvalue weighted by Crippen LogP contribution is -2.28. The highest BCUT2D eigenvalue weighted by molar-refractivity contribution is 7.73. The molecule has 0 aromatic heterocycles. The van der Waals surface area contributed by atoms with Crippen LogP contribution in [0.25, 0.3) is 10.4 Å². The van der Waals surface area contributed by atoms with Crippen molar-refractivity contribution < 1.29 is 17.9 Å². The van der Waals surface area contributed by atoms with Crippen molar-refractivity contribution in [3.8, 4) is 0 Å². The summed E-state index contributed by atoms with van der Waals surface area (Å²) in [5.41, 5.74) is 8.23. The van der Waals surface area contributed by atoms with Gasteiger partial charge in [-0.25, -0.2) is 0 Å². The Labute approximate surface area is 105 Å². The van der Waals surface area contributed by atoms with Gasteiger partial charge in [0.1, 0.15) is 16.6 Å². The highest BCUT2D eigenvalue weighted by atomic mass is 32.2. The molecule has 0 spiro atoms. The maximum Gasteiger partial charge on any atom is 0.220 e. The van der Waals surface area contributed by atoms with Crippen LogP contribution >= 0.6 is 0 Å². The molecule has 2 unspecified atom stereocenters. The molecule has 7 nitrogen and oxygen atoms in total. The molecule has 0 aromatic rings. The number of azide groups is 1. The summed E-state index contributed by atoms with van der Waals surface area (Å²) >= 11 is 0. The topological polar surface area (TPSA) is 105 Å². The van der Waals surface area contributed by atoms with Crippen molar-refractivity contribution in [2.24, 2.45) is 5.11 Å². The van der Waals surface area contributed by atoms with Crippen molar-refractivity contribution in [2.45, 2.75) is 18.6 Å². The second-order valence-electron chi connectivity index (χ2n) is 4.23. The summed E-state index contributed by atoms with van der Waals surface area (Å²) in [5, 5.41) is 3.35. The first-order valence-corrected chi connectivity index (χ1v) is 6.28. The fourth-order valence-corrected chi connectivity index (χ4v) is 1.98. The van der Waals surface area contributed by atoms with E-state index in [4.69, 9.17) is 15.0 Å². The predicted octanol–water partition coefficient (Wildman–Crippen LogP) is 0.976. The van der Waals surface area contributed by atoms with Crippen LogP contribution in [0.4, 0.5) is 0 Å². The van der Waals surface area contributed by atoms with Gasteiger partial charge in [0, 0.05) is 10.6 Å². The highest BCUT2D eigenvalue weighted by Crippen LogP contribution is 2.27. The molecule has 1 fully saturated rings. The van der Waals surface area contributed by atoms with Crippen molar-refractivity contribution in [1.29, 1.82) is 0 Å². The zero-order chi connectivity index (χ0) is 13.2. The third-order valence-electron chi connectivity index (χ3n) is 2.57. The molecule has 0 radical (unpaired) electrons. The first kappa shape index (κ1) is 12.8. The van der Waals surface area contributed by atoms with Gasteiger partial charge < -0.3 is 9.47 Å². The van der Waals surface area contributed by atoms with E-state index in [0.717, 1.165) is 0 Å². The Kier molecular flexibility index (Phi) is 3.53. The van der Waals surface area contributed by atoms with E-state index in [2.05, 4.69) is 10.0 Å². The summed E-state index contributed by atoms with van der Waals surface area (Å²) in [7, 11) is -2.42. The maximum absolute atomic E-state index is 11.1. The summed E-state index contributed by atoms with van der Waals surface area (Å²) in [6.07, 6.45) is 3.70. The second-order valence-corrected chi connectivity index (χ2v) is 5.17. The third-order valence-corrected chi connectivity index (χ3v) is 3.31. The van der Waals surface area contributed by atoms with Gasteiger partial charge in [-0.1, -0.05) is 11.2 Å². The molecule has 0 aromatic carbocycles. The van der Waals surface area contributed by atoms with Gasteiger partial charge in [0.05, 0.1) is 13.2 Å². The van der Waals surface area contributed by atoms with Crippen LogP contribution in [0.5, 0.6) is 0 Å². The minimum atomic E-state index is -2.42. The Morgan fingerprint density at radius 3 is 3.00 bits per heavy atom. The van der Waals surface area contributed by atoms with Crippen LogP contribution in [0.3, 0.4) is 0 Å². The molecule has 0 saturated carbocycles. The minimum Gasteiger partial charge on any atom is -0.367 e. The van der Waals surface area contributed by atoms with Gasteiger partial charge in [0.2, 0.25) is 10.3 Å². The van der Waals surface area contributed by atoms with Gasteiger partial charge in [-0.2, -0.15) is 8.42 Å². The van der Waals surface area contributed by atoms with E-state index < -0.39 is 16.4 Å². The maximum atomic E-state index is 11.1. The number of ether oxygens (including phenoxy) is 2. The molecule has 2 aliphatic rings. The highest BCUT2D eigenvalue weighted by Gasteiger charge is 2.40. The van der Waals surface area contributed by atoms with E-state index in [1.54, 1.807) is 6.08 Å². The smallest absolute Gasteiger partial charge is 0.220 e. The number of hydrogen-bond donors (Lipinski definition) is 0. The van der Waals surface area contributed by atoms with Crippen LogP contribution < -0.4 is 0 Å². The van der Waals surface area contributed by atoms with Crippen LogP contribution in [0.1, 0.15) is 6.92 Å². The molecule has 1 aliphatic carbocycles. The van der Waals surface area contributed by atoms with Crippen molar-refractivity contribution in [2.75, 3.05) is 13.2 Å². The molecular weight excluding hydrogens is 258 g/mol. The van der Waals surface area contributed by atoms with Crippen LogP contribution in [0.15, 0.2) is 29.0 Å². The van der Waals surface area contributed by atoms with Crippen LogP contribution in [-0.4, -0.2) is 38.2 Å². The normalized spacial score (nSPS) is 29.5. The van der Waals surface area contributed by atoms with Gasteiger partial charge in [0.25, 0.3) is 0 Å². The first-order chi connectivity index (χ1) is 8.54. The number of epoxide rings is 1. The van der Waals surface area contributed by atoms with Crippen molar-refractivity contribution in [3.63, 3.8) is 0 Å². The van der Waals surface area contributed by atoms with Crippen molar-refractivity contribution >= 4 is 15.2 Å². The fourth-order valence-electron chi connectivity index (χ4n) is 1.42. The van der Waals surface area contributed by atoms with Crippen LogP contribution in [-0.2, 0) is 19.8 Å². The predicted molar refractivity (Wildman–Crippen MR) is 64.4 cm³/mol. The Morgan fingerprint density at radius 2 is 2.44 bits per heavy atom. The lowest BCUT2D eigenvalue weighted by molar-refractivity contribution is 0.0800. The lowest BCUT2D eigenvalue weighted by atomic mass is 10.1. The fraction of sp³-hybridized carbons (Fsp3) is 0.500. The molecule has 0 N–H and O–H groups in total. The van der Waals surface area contributed by atoms with Crippen molar-refractivity contribution in [3.05, 3.63) is 34.4 Å². The van der Waals surface area contributed by atoms with E-state index in [0.29, 0.717) is 13.2 Å². The number of nitrogens with zero attached hydrogens (tertiary/aromatic N) is 3. The standard InChI is InChI=1S/C10H11N3O4S/c1-10(6-17-10)5-16-8-3-2-7(12-13-11)4-9(8)18(14)15/h2-4,8H,5-6H2,1H3. The Morgan fingerprint density at radius 1 is 1.72 bits per heavy atom. The van der Waals surface area contributed by atoms with Crippen LogP contribution in [0, 0.1) is 0 Å². The molecule has 0 bridgehead atoms. The SMILES string of the molecule is CC1(COC2C=CC(N=[N+]=[N-])=CC2=S(=O)=O)CO1. The zero-order valence-corrected chi connectivity index (χ0v) is 10.4. The van der Waals surface area contributed by atoms with E-state index in [9.17, 15) is 8.42 Å². The van der Waals surface area contributed by atoms with Crippen molar-refractivity contribution in [1.82, 2.24) is 0 Å². The van der Waals surface area contributed by atoms with E-state index in [1.807, 2.05) is 6.92 Å². The Hall–Kier alpha value is -1.60.